The van der Waals surface area contributed by atoms with E-state index in [0.29, 0.717) is 12.6 Å². The molecular formula is C8H20N2O. The zero-order valence-corrected chi connectivity index (χ0v) is 7.76. The summed E-state index contributed by atoms with van der Waals surface area (Å²) in [7, 11) is 1.94. The summed E-state index contributed by atoms with van der Waals surface area (Å²) in [6.07, 6.45) is 1.22. The molecule has 0 spiro atoms. The van der Waals surface area contributed by atoms with Crippen LogP contribution in [0.5, 0.6) is 0 Å². The second kappa shape index (κ2) is 6.58. The first-order chi connectivity index (χ1) is 5.22. The standard InChI is InChI=1S/C8H20N2O/c1-7(10-3)8(2)11-6-4-5-9/h7-8,10H,4-6,9H2,1-3H3. The predicted octanol–water partition coefficient (Wildman–Crippen LogP) is 0.348. The van der Waals surface area contributed by atoms with Crippen molar-refractivity contribution in [3.8, 4) is 0 Å². The fourth-order valence-electron chi connectivity index (χ4n) is 0.732. The number of hydrogen-bond donors (Lipinski definition) is 2. The summed E-state index contributed by atoms with van der Waals surface area (Å²) < 4.78 is 5.49. The van der Waals surface area contributed by atoms with Crippen LogP contribution in [0.1, 0.15) is 20.3 Å². The fourth-order valence-corrected chi connectivity index (χ4v) is 0.732. The Hall–Kier alpha value is -0.120. The van der Waals surface area contributed by atoms with Crippen LogP contribution in [0.3, 0.4) is 0 Å². The van der Waals surface area contributed by atoms with Crippen molar-refractivity contribution in [3.63, 3.8) is 0 Å². The Bertz CT molecular complexity index is 88.2. The maximum atomic E-state index is 5.49. The van der Waals surface area contributed by atoms with Gasteiger partial charge in [0.2, 0.25) is 0 Å². The van der Waals surface area contributed by atoms with E-state index < -0.39 is 0 Å². The van der Waals surface area contributed by atoms with Gasteiger partial charge in [0.15, 0.2) is 0 Å². The van der Waals surface area contributed by atoms with Crippen LogP contribution in [-0.2, 0) is 4.74 Å². The third-order valence-electron chi connectivity index (χ3n) is 1.89. The Kier molecular flexibility index (Phi) is 6.51. The molecule has 0 aliphatic rings. The van der Waals surface area contributed by atoms with E-state index in [-0.39, 0.29) is 6.10 Å². The van der Waals surface area contributed by atoms with Crippen LogP contribution in [-0.4, -0.2) is 32.3 Å². The molecule has 0 radical (unpaired) electrons. The molecule has 11 heavy (non-hydrogen) atoms. The Morgan fingerprint density at radius 3 is 2.55 bits per heavy atom. The first-order valence-corrected chi connectivity index (χ1v) is 4.21. The smallest absolute Gasteiger partial charge is 0.0697 e. The van der Waals surface area contributed by atoms with Gasteiger partial charge in [0.05, 0.1) is 6.10 Å². The number of rotatable bonds is 6. The number of hydrogen-bond acceptors (Lipinski definition) is 3. The average Bonchev–Trinajstić information content (AvgIpc) is 2.03. The van der Waals surface area contributed by atoms with Crippen molar-refractivity contribution in [2.24, 2.45) is 5.73 Å². The molecule has 68 valence electrons. The molecule has 0 aromatic carbocycles. The molecule has 0 aromatic rings. The molecule has 3 N–H and O–H groups in total. The molecule has 2 unspecified atom stereocenters. The molecule has 2 atom stereocenters. The zero-order chi connectivity index (χ0) is 8.69. The Morgan fingerprint density at radius 1 is 1.45 bits per heavy atom. The van der Waals surface area contributed by atoms with E-state index in [4.69, 9.17) is 10.5 Å². The molecular weight excluding hydrogens is 140 g/mol. The van der Waals surface area contributed by atoms with Crippen LogP contribution in [0, 0.1) is 0 Å². The van der Waals surface area contributed by atoms with E-state index in [1.807, 2.05) is 7.05 Å². The molecule has 0 aliphatic heterocycles. The molecule has 0 amide bonds. The lowest BCUT2D eigenvalue weighted by Gasteiger charge is -2.19. The Labute approximate surface area is 69.3 Å². The highest BCUT2D eigenvalue weighted by Gasteiger charge is 2.08. The van der Waals surface area contributed by atoms with Gasteiger partial charge in [-0.3, -0.25) is 0 Å². The summed E-state index contributed by atoms with van der Waals surface area (Å²) in [6, 6.07) is 0.410. The van der Waals surface area contributed by atoms with E-state index in [9.17, 15) is 0 Å². The minimum Gasteiger partial charge on any atom is -0.377 e. The van der Waals surface area contributed by atoms with Gasteiger partial charge in [0, 0.05) is 12.6 Å². The molecule has 3 heteroatoms. The fraction of sp³-hybridized carbons (Fsp3) is 1.00. The molecule has 0 rings (SSSR count). The van der Waals surface area contributed by atoms with E-state index in [1.54, 1.807) is 0 Å². The van der Waals surface area contributed by atoms with Crippen LogP contribution in [0.2, 0.25) is 0 Å². The van der Waals surface area contributed by atoms with Gasteiger partial charge in [-0.2, -0.15) is 0 Å². The number of likely N-dealkylation sites (N-methyl/N-ethyl adjacent to an activating group) is 1. The molecule has 0 bridgehead atoms. The van der Waals surface area contributed by atoms with Gasteiger partial charge < -0.3 is 15.8 Å². The first-order valence-electron chi connectivity index (χ1n) is 4.21. The van der Waals surface area contributed by atoms with Gasteiger partial charge >= 0.3 is 0 Å². The van der Waals surface area contributed by atoms with E-state index in [1.165, 1.54) is 0 Å². The maximum Gasteiger partial charge on any atom is 0.0697 e. The highest BCUT2D eigenvalue weighted by molar-refractivity contribution is 4.65. The van der Waals surface area contributed by atoms with Crippen LogP contribution >= 0.6 is 0 Å². The maximum absolute atomic E-state index is 5.49. The van der Waals surface area contributed by atoms with Crippen molar-refractivity contribution >= 4 is 0 Å². The van der Waals surface area contributed by atoms with Gasteiger partial charge in [-0.05, 0) is 33.9 Å². The monoisotopic (exact) mass is 160 g/mol. The summed E-state index contributed by atoms with van der Waals surface area (Å²) in [6.45, 7) is 5.65. The van der Waals surface area contributed by atoms with E-state index in [0.717, 1.165) is 13.0 Å². The lowest BCUT2D eigenvalue weighted by atomic mass is 10.2. The summed E-state index contributed by atoms with van der Waals surface area (Å²) in [4.78, 5) is 0. The number of nitrogens with one attached hydrogen (secondary N) is 1. The van der Waals surface area contributed by atoms with Crippen molar-refractivity contribution in [1.82, 2.24) is 5.32 Å². The highest BCUT2D eigenvalue weighted by Crippen LogP contribution is 1.97. The number of nitrogens with two attached hydrogens (primary N) is 1. The van der Waals surface area contributed by atoms with E-state index >= 15 is 0 Å². The minimum atomic E-state index is 0.270. The van der Waals surface area contributed by atoms with Crippen molar-refractivity contribution in [2.75, 3.05) is 20.2 Å². The van der Waals surface area contributed by atoms with Crippen molar-refractivity contribution in [1.29, 1.82) is 0 Å². The van der Waals surface area contributed by atoms with Gasteiger partial charge in [0.1, 0.15) is 0 Å². The summed E-state index contributed by atoms with van der Waals surface area (Å²) in [5.41, 5.74) is 5.33. The lowest BCUT2D eigenvalue weighted by Crippen LogP contribution is -2.34. The summed E-state index contributed by atoms with van der Waals surface area (Å²) >= 11 is 0. The summed E-state index contributed by atoms with van der Waals surface area (Å²) in [5.74, 6) is 0. The second-order valence-electron chi connectivity index (χ2n) is 2.80. The van der Waals surface area contributed by atoms with Crippen LogP contribution in [0.15, 0.2) is 0 Å². The highest BCUT2D eigenvalue weighted by atomic mass is 16.5. The molecule has 0 aromatic heterocycles. The van der Waals surface area contributed by atoms with Gasteiger partial charge in [0.25, 0.3) is 0 Å². The van der Waals surface area contributed by atoms with Gasteiger partial charge in [-0.25, -0.2) is 0 Å². The zero-order valence-electron chi connectivity index (χ0n) is 7.76. The minimum absolute atomic E-state index is 0.270. The summed E-state index contributed by atoms with van der Waals surface area (Å²) in [5, 5.41) is 3.14. The largest absolute Gasteiger partial charge is 0.377 e. The lowest BCUT2D eigenvalue weighted by molar-refractivity contribution is 0.0447. The molecule has 0 aliphatic carbocycles. The van der Waals surface area contributed by atoms with E-state index in [2.05, 4.69) is 19.2 Å². The van der Waals surface area contributed by atoms with Crippen LogP contribution < -0.4 is 11.1 Å². The topological polar surface area (TPSA) is 47.3 Å². The number of ether oxygens (including phenoxy) is 1. The second-order valence-corrected chi connectivity index (χ2v) is 2.80. The molecule has 0 saturated carbocycles. The van der Waals surface area contributed by atoms with Crippen LogP contribution in [0.25, 0.3) is 0 Å². The van der Waals surface area contributed by atoms with Crippen molar-refractivity contribution in [3.05, 3.63) is 0 Å². The third-order valence-corrected chi connectivity index (χ3v) is 1.89. The first kappa shape index (κ1) is 10.9. The molecule has 3 nitrogen and oxygen atoms in total. The average molecular weight is 160 g/mol. The SMILES string of the molecule is CNC(C)C(C)OCCCN. The molecule has 0 heterocycles. The predicted molar refractivity (Wildman–Crippen MR) is 47.6 cm³/mol. The molecule has 0 fully saturated rings. The quantitative estimate of drug-likeness (QED) is 0.551. The Balaban J connectivity index is 3.28. The third kappa shape index (κ3) is 5.18. The van der Waals surface area contributed by atoms with Gasteiger partial charge in [-0.1, -0.05) is 0 Å². The van der Waals surface area contributed by atoms with Crippen molar-refractivity contribution in [2.45, 2.75) is 32.4 Å². The molecule has 0 saturated heterocycles. The van der Waals surface area contributed by atoms with Gasteiger partial charge in [-0.15, -0.1) is 0 Å². The normalized spacial score (nSPS) is 16.4. The van der Waals surface area contributed by atoms with Crippen LogP contribution in [0.4, 0.5) is 0 Å². The Morgan fingerprint density at radius 2 is 2.09 bits per heavy atom. The van der Waals surface area contributed by atoms with Crippen molar-refractivity contribution < 1.29 is 4.74 Å².